The standard InChI is InChI=1S/C19H17ClN2O3S2/c1-13-18(26-19(21-13)14-8-10-15(20)11-9-14)17(22-25-2)12-27(23,24)16-6-4-3-5-7-16/h3-11H,12H2,1-2H3. The van der Waals surface area contributed by atoms with Crippen LogP contribution in [-0.2, 0) is 14.7 Å². The summed E-state index contributed by atoms with van der Waals surface area (Å²) in [6.07, 6.45) is 0. The number of aryl methyl sites for hydroxylation is 1. The van der Waals surface area contributed by atoms with E-state index in [-0.39, 0.29) is 10.6 Å². The highest BCUT2D eigenvalue weighted by Gasteiger charge is 2.23. The Labute approximate surface area is 167 Å². The van der Waals surface area contributed by atoms with Crippen molar-refractivity contribution in [3.8, 4) is 10.6 Å². The molecule has 0 amide bonds. The van der Waals surface area contributed by atoms with E-state index in [9.17, 15) is 8.42 Å². The minimum atomic E-state index is -3.56. The molecule has 0 saturated carbocycles. The maximum atomic E-state index is 12.7. The van der Waals surface area contributed by atoms with Crippen molar-refractivity contribution in [1.29, 1.82) is 0 Å². The first kappa shape index (κ1) is 19.5. The predicted octanol–water partition coefficient (Wildman–Crippen LogP) is 4.60. The molecule has 140 valence electrons. The fourth-order valence-corrected chi connectivity index (χ4v) is 5.08. The zero-order valence-corrected chi connectivity index (χ0v) is 17.1. The largest absolute Gasteiger partial charge is 0.399 e. The SMILES string of the molecule is CON=C(CS(=O)(=O)c1ccccc1)c1sc(-c2ccc(Cl)cc2)nc1C. The molecule has 0 spiro atoms. The van der Waals surface area contributed by atoms with Gasteiger partial charge in [0.05, 0.1) is 15.5 Å². The third-order valence-corrected chi connectivity index (χ3v) is 6.93. The van der Waals surface area contributed by atoms with Crippen molar-refractivity contribution >= 4 is 38.5 Å². The second kappa shape index (κ2) is 8.21. The van der Waals surface area contributed by atoms with Gasteiger partial charge in [-0.3, -0.25) is 0 Å². The number of oxime groups is 1. The van der Waals surface area contributed by atoms with E-state index in [1.54, 1.807) is 42.5 Å². The van der Waals surface area contributed by atoms with Gasteiger partial charge in [-0.15, -0.1) is 11.3 Å². The topological polar surface area (TPSA) is 68.6 Å². The van der Waals surface area contributed by atoms with Gasteiger partial charge in [0.2, 0.25) is 0 Å². The van der Waals surface area contributed by atoms with Crippen LogP contribution in [0.25, 0.3) is 10.6 Å². The van der Waals surface area contributed by atoms with E-state index in [1.807, 2.05) is 19.1 Å². The molecular formula is C19H17ClN2O3S2. The molecular weight excluding hydrogens is 404 g/mol. The van der Waals surface area contributed by atoms with Crippen molar-refractivity contribution in [2.24, 2.45) is 5.16 Å². The number of aromatic nitrogens is 1. The van der Waals surface area contributed by atoms with Gasteiger partial charge in [-0.2, -0.15) is 0 Å². The maximum absolute atomic E-state index is 12.7. The first-order valence-electron chi connectivity index (χ1n) is 8.02. The average Bonchev–Trinajstić information content (AvgIpc) is 3.04. The van der Waals surface area contributed by atoms with E-state index < -0.39 is 9.84 Å². The lowest BCUT2D eigenvalue weighted by Gasteiger charge is -2.06. The highest BCUT2D eigenvalue weighted by molar-refractivity contribution is 7.92. The molecule has 1 aromatic heterocycles. The van der Waals surface area contributed by atoms with Gasteiger partial charge in [0.15, 0.2) is 9.84 Å². The lowest BCUT2D eigenvalue weighted by atomic mass is 10.2. The molecule has 5 nitrogen and oxygen atoms in total. The van der Waals surface area contributed by atoms with Crippen LogP contribution in [0, 0.1) is 6.92 Å². The number of sulfone groups is 1. The van der Waals surface area contributed by atoms with Crippen molar-refractivity contribution in [1.82, 2.24) is 4.98 Å². The van der Waals surface area contributed by atoms with E-state index in [0.717, 1.165) is 10.6 Å². The van der Waals surface area contributed by atoms with Gasteiger partial charge in [0.1, 0.15) is 23.6 Å². The van der Waals surface area contributed by atoms with Crippen molar-refractivity contribution in [3.05, 3.63) is 70.2 Å². The van der Waals surface area contributed by atoms with Crippen LogP contribution in [0.3, 0.4) is 0 Å². The molecule has 0 saturated heterocycles. The molecule has 0 atom stereocenters. The van der Waals surface area contributed by atoms with Gasteiger partial charge < -0.3 is 4.84 Å². The summed E-state index contributed by atoms with van der Waals surface area (Å²) in [4.78, 5) is 10.4. The highest BCUT2D eigenvalue weighted by Crippen LogP contribution is 2.30. The Balaban J connectivity index is 1.97. The predicted molar refractivity (Wildman–Crippen MR) is 109 cm³/mol. The summed E-state index contributed by atoms with van der Waals surface area (Å²) in [5, 5.41) is 5.38. The number of benzene rings is 2. The molecule has 0 radical (unpaired) electrons. The van der Waals surface area contributed by atoms with Crippen molar-refractivity contribution in [2.45, 2.75) is 11.8 Å². The third-order valence-electron chi connectivity index (χ3n) is 3.78. The van der Waals surface area contributed by atoms with Gasteiger partial charge in [-0.1, -0.05) is 47.1 Å². The fraction of sp³-hybridized carbons (Fsp3) is 0.158. The number of hydrogen-bond acceptors (Lipinski definition) is 6. The maximum Gasteiger partial charge on any atom is 0.184 e. The van der Waals surface area contributed by atoms with Crippen molar-refractivity contribution in [3.63, 3.8) is 0 Å². The summed E-state index contributed by atoms with van der Waals surface area (Å²) in [5.41, 5.74) is 1.93. The smallest absolute Gasteiger partial charge is 0.184 e. The summed E-state index contributed by atoms with van der Waals surface area (Å²) in [7, 11) is -2.16. The number of nitrogens with zero attached hydrogens (tertiary/aromatic N) is 2. The molecule has 0 aliphatic carbocycles. The van der Waals surface area contributed by atoms with Gasteiger partial charge in [0, 0.05) is 10.6 Å². The third kappa shape index (κ3) is 4.55. The molecule has 2 aromatic carbocycles. The molecule has 1 heterocycles. The molecule has 0 aliphatic rings. The van der Waals surface area contributed by atoms with E-state index in [1.165, 1.54) is 18.4 Å². The minimum Gasteiger partial charge on any atom is -0.399 e. The lowest BCUT2D eigenvalue weighted by molar-refractivity contribution is 0.213. The summed E-state index contributed by atoms with van der Waals surface area (Å²) >= 11 is 7.31. The van der Waals surface area contributed by atoms with Crippen LogP contribution in [0.5, 0.6) is 0 Å². The van der Waals surface area contributed by atoms with Gasteiger partial charge in [0.25, 0.3) is 0 Å². The first-order valence-corrected chi connectivity index (χ1v) is 10.9. The monoisotopic (exact) mass is 420 g/mol. The van der Waals surface area contributed by atoms with E-state index in [4.69, 9.17) is 16.4 Å². The Morgan fingerprint density at radius 1 is 1.15 bits per heavy atom. The Hall–Kier alpha value is -2.22. The number of rotatable bonds is 6. The summed E-state index contributed by atoms with van der Waals surface area (Å²) in [6.45, 7) is 1.82. The lowest BCUT2D eigenvalue weighted by Crippen LogP contribution is -2.17. The summed E-state index contributed by atoms with van der Waals surface area (Å²) in [6, 6.07) is 15.6. The fourth-order valence-electron chi connectivity index (χ4n) is 2.51. The van der Waals surface area contributed by atoms with Crippen LogP contribution in [0.2, 0.25) is 5.02 Å². The highest BCUT2D eigenvalue weighted by atomic mass is 35.5. The first-order chi connectivity index (χ1) is 12.9. The van der Waals surface area contributed by atoms with Gasteiger partial charge in [-0.25, -0.2) is 13.4 Å². The zero-order chi connectivity index (χ0) is 19.4. The summed E-state index contributed by atoms with van der Waals surface area (Å²) in [5.74, 6) is -0.270. The molecule has 0 aliphatic heterocycles. The molecule has 0 fully saturated rings. The van der Waals surface area contributed by atoms with E-state index >= 15 is 0 Å². The average molecular weight is 421 g/mol. The van der Waals surface area contributed by atoms with Crippen LogP contribution < -0.4 is 0 Å². The van der Waals surface area contributed by atoms with Crippen molar-refractivity contribution < 1.29 is 13.3 Å². The number of thiazole rings is 1. The molecule has 0 N–H and O–H groups in total. The normalized spacial score (nSPS) is 12.2. The molecule has 0 bridgehead atoms. The van der Waals surface area contributed by atoms with Crippen LogP contribution in [-0.4, -0.2) is 32.0 Å². The number of hydrogen-bond donors (Lipinski definition) is 0. The van der Waals surface area contributed by atoms with Crippen molar-refractivity contribution in [2.75, 3.05) is 12.9 Å². The second-order valence-electron chi connectivity index (χ2n) is 5.73. The Morgan fingerprint density at radius 3 is 2.44 bits per heavy atom. The van der Waals surface area contributed by atoms with E-state index in [2.05, 4.69) is 10.1 Å². The summed E-state index contributed by atoms with van der Waals surface area (Å²) < 4.78 is 25.5. The minimum absolute atomic E-state index is 0.244. The zero-order valence-electron chi connectivity index (χ0n) is 14.7. The van der Waals surface area contributed by atoms with Crippen LogP contribution in [0.15, 0.2) is 64.6 Å². The molecule has 3 rings (SSSR count). The van der Waals surface area contributed by atoms with Gasteiger partial charge in [-0.05, 0) is 31.2 Å². The Kier molecular flexibility index (Phi) is 5.94. The molecule has 27 heavy (non-hydrogen) atoms. The molecule has 0 unspecified atom stereocenters. The Morgan fingerprint density at radius 2 is 1.81 bits per heavy atom. The molecule has 8 heteroatoms. The molecule has 3 aromatic rings. The van der Waals surface area contributed by atoms with E-state index in [0.29, 0.717) is 21.3 Å². The Bertz CT molecular complexity index is 1060. The van der Waals surface area contributed by atoms with Crippen LogP contribution in [0.1, 0.15) is 10.6 Å². The van der Waals surface area contributed by atoms with Crippen LogP contribution in [0.4, 0.5) is 0 Å². The number of halogens is 1. The second-order valence-corrected chi connectivity index (χ2v) is 9.16. The van der Waals surface area contributed by atoms with Crippen LogP contribution >= 0.6 is 22.9 Å². The quantitative estimate of drug-likeness (QED) is 0.431. The van der Waals surface area contributed by atoms with Gasteiger partial charge >= 0.3 is 0 Å².